The first-order valence-electron chi connectivity index (χ1n) is 13.5. The average Bonchev–Trinajstić information content (AvgIpc) is 3.03. The zero-order valence-electron chi connectivity index (χ0n) is 21.7. The second kappa shape index (κ2) is 9.61. The Bertz CT molecular complexity index is 1790. The van der Waals surface area contributed by atoms with Gasteiger partial charge in [0.25, 0.3) is 0 Å². The topological polar surface area (TPSA) is 12.5 Å². The Morgan fingerprint density at radius 3 is 1.65 bits per heavy atom. The van der Waals surface area contributed by atoms with Crippen LogP contribution in [0.4, 0.5) is 17.1 Å². The van der Waals surface area contributed by atoms with Gasteiger partial charge in [0.05, 0.1) is 0 Å². The monoisotopic (exact) mass is 639 g/mol. The van der Waals surface area contributed by atoms with Crippen LogP contribution in [0.5, 0.6) is 11.5 Å². The molecule has 0 unspecified atom stereocenters. The Labute approximate surface area is 242 Å². The SMILES string of the molecule is c1cc[c]([Sn]2([c]3ccccc3)[c]3ccccc3Sc3cc(N4c5ccccc5Oc5ccccc54)cc[c]32)cc1. The molecule has 2 heterocycles. The van der Waals surface area contributed by atoms with E-state index in [0.29, 0.717) is 0 Å². The molecule has 2 aliphatic heterocycles. The molecule has 0 N–H and O–H groups in total. The maximum absolute atomic E-state index is 6.30. The molecule has 0 saturated heterocycles. The van der Waals surface area contributed by atoms with Crippen molar-refractivity contribution in [3.63, 3.8) is 0 Å². The van der Waals surface area contributed by atoms with Gasteiger partial charge in [0, 0.05) is 0 Å². The third-order valence-corrected chi connectivity index (χ3v) is 24.1. The van der Waals surface area contributed by atoms with Gasteiger partial charge in [-0.15, -0.1) is 0 Å². The molecule has 2 nitrogen and oxygen atoms in total. The number of hydrogen-bond acceptors (Lipinski definition) is 3. The molecule has 0 spiro atoms. The van der Waals surface area contributed by atoms with Crippen LogP contribution in [-0.2, 0) is 0 Å². The second-order valence-electron chi connectivity index (χ2n) is 10.1. The molecule has 6 aromatic rings. The Morgan fingerprint density at radius 2 is 1.00 bits per heavy atom. The summed E-state index contributed by atoms with van der Waals surface area (Å²) in [6.45, 7) is 0. The van der Waals surface area contributed by atoms with Crippen molar-refractivity contribution in [2.45, 2.75) is 9.79 Å². The van der Waals surface area contributed by atoms with Crippen molar-refractivity contribution in [2.24, 2.45) is 0 Å². The van der Waals surface area contributed by atoms with Gasteiger partial charge in [0.1, 0.15) is 0 Å². The molecule has 0 radical (unpaired) electrons. The Kier molecular flexibility index (Phi) is 5.75. The van der Waals surface area contributed by atoms with Gasteiger partial charge >= 0.3 is 244 Å². The van der Waals surface area contributed by atoms with Gasteiger partial charge in [0.15, 0.2) is 0 Å². The quantitative estimate of drug-likeness (QED) is 0.192. The standard InChI is InChI=1S/C24H15NOS.2C6H5.Sn/c1-2-10-19(11-3-1)27-20-12-8-9-18(17-20)25-21-13-4-6-15-23(21)26-24-16-7-5-14-22(24)25;2*1-2-4-6-5-3-1;/h1-10,13-17H;2*1-5H;. The molecule has 0 bridgehead atoms. The van der Waals surface area contributed by atoms with Crippen LogP contribution in [-0.4, -0.2) is 18.4 Å². The number of rotatable bonds is 3. The molecule has 0 fully saturated rings. The van der Waals surface area contributed by atoms with Crippen molar-refractivity contribution in [1.82, 2.24) is 0 Å². The molecule has 0 amide bonds. The van der Waals surface area contributed by atoms with Crippen LogP contribution in [0.2, 0.25) is 0 Å². The summed E-state index contributed by atoms with van der Waals surface area (Å²) in [6, 6.07) is 55.4. The third kappa shape index (κ3) is 3.58. The molecule has 40 heavy (non-hydrogen) atoms. The van der Waals surface area contributed by atoms with Gasteiger partial charge < -0.3 is 0 Å². The van der Waals surface area contributed by atoms with Crippen LogP contribution in [0.1, 0.15) is 0 Å². The van der Waals surface area contributed by atoms with Crippen molar-refractivity contribution in [3.8, 4) is 11.5 Å². The van der Waals surface area contributed by atoms with Crippen LogP contribution in [0.25, 0.3) is 0 Å². The number of para-hydroxylation sites is 4. The van der Waals surface area contributed by atoms with Crippen LogP contribution in [0.15, 0.2) is 161 Å². The summed E-state index contributed by atoms with van der Waals surface area (Å²) < 4.78 is 12.3. The van der Waals surface area contributed by atoms with Gasteiger partial charge in [-0.2, -0.15) is 0 Å². The van der Waals surface area contributed by atoms with E-state index in [1.54, 1.807) is 0 Å². The van der Waals surface area contributed by atoms with Crippen LogP contribution in [0, 0.1) is 0 Å². The minimum atomic E-state index is -3.64. The van der Waals surface area contributed by atoms with E-state index >= 15 is 0 Å². The zero-order chi connectivity index (χ0) is 26.5. The molecule has 2 aliphatic rings. The van der Waals surface area contributed by atoms with Crippen molar-refractivity contribution in [1.29, 1.82) is 0 Å². The van der Waals surface area contributed by atoms with E-state index < -0.39 is 18.4 Å². The molecule has 190 valence electrons. The predicted molar refractivity (Wildman–Crippen MR) is 169 cm³/mol. The molecule has 0 aliphatic carbocycles. The Morgan fingerprint density at radius 1 is 0.475 bits per heavy atom. The Hall–Kier alpha value is -3.93. The molecule has 0 saturated carbocycles. The molecule has 8 rings (SSSR count). The number of benzene rings is 6. The van der Waals surface area contributed by atoms with Gasteiger partial charge in [-0.05, 0) is 0 Å². The Balaban J connectivity index is 1.40. The predicted octanol–water partition coefficient (Wildman–Crippen LogP) is 7.10. The number of ether oxygens (including phenoxy) is 1. The van der Waals surface area contributed by atoms with Crippen molar-refractivity contribution in [3.05, 3.63) is 152 Å². The summed E-state index contributed by atoms with van der Waals surface area (Å²) in [7, 11) is 0. The van der Waals surface area contributed by atoms with Crippen molar-refractivity contribution < 1.29 is 4.74 Å². The van der Waals surface area contributed by atoms with E-state index in [0.717, 1.165) is 28.6 Å². The molecule has 0 atom stereocenters. The second-order valence-corrected chi connectivity index (χ2v) is 21.9. The summed E-state index contributed by atoms with van der Waals surface area (Å²) in [5, 5.41) is 0. The molecule has 6 aromatic carbocycles. The van der Waals surface area contributed by atoms with E-state index in [1.165, 1.54) is 24.1 Å². The van der Waals surface area contributed by atoms with E-state index in [1.807, 2.05) is 36.0 Å². The van der Waals surface area contributed by atoms with Gasteiger partial charge in [-0.3, -0.25) is 0 Å². The molecular weight excluding hydrogens is 613 g/mol. The maximum atomic E-state index is 6.30. The van der Waals surface area contributed by atoms with Crippen LogP contribution in [0.3, 0.4) is 0 Å². The fourth-order valence-corrected chi connectivity index (χ4v) is 23.9. The van der Waals surface area contributed by atoms with E-state index in [2.05, 4.69) is 132 Å². The number of anilines is 3. The number of nitrogens with zero attached hydrogens (tertiary/aromatic N) is 1. The minimum absolute atomic E-state index is 0.874. The summed E-state index contributed by atoms with van der Waals surface area (Å²) in [5.74, 6) is 1.75. The summed E-state index contributed by atoms with van der Waals surface area (Å²) in [4.78, 5) is 5.07. The summed E-state index contributed by atoms with van der Waals surface area (Å²) in [5.41, 5.74) is 3.27. The molecule has 0 aromatic heterocycles. The van der Waals surface area contributed by atoms with E-state index in [-0.39, 0.29) is 0 Å². The van der Waals surface area contributed by atoms with Gasteiger partial charge in [-0.1, -0.05) is 0 Å². The first-order valence-corrected chi connectivity index (χ1v) is 20.1. The fraction of sp³-hybridized carbons (Fsp3) is 0. The van der Waals surface area contributed by atoms with Crippen LogP contribution < -0.4 is 24.0 Å². The van der Waals surface area contributed by atoms with Gasteiger partial charge in [-0.25, -0.2) is 0 Å². The van der Waals surface area contributed by atoms with Crippen LogP contribution >= 0.6 is 11.8 Å². The van der Waals surface area contributed by atoms with Crippen molar-refractivity contribution >= 4 is 61.5 Å². The molecular formula is C36H25NOSSn. The molecule has 4 heteroatoms. The first kappa shape index (κ1) is 23.9. The summed E-state index contributed by atoms with van der Waals surface area (Å²) >= 11 is -1.73. The number of fused-ring (bicyclic) bond motifs is 4. The van der Waals surface area contributed by atoms with Crippen molar-refractivity contribution in [2.75, 3.05) is 4.90 Å². The van der Waals surface area contributed by atoms with E-state index in [4.69, 9.17) is 4.74 Å². The third-order valence-electron chi connectivity index (χ3n) is 7.98. The zero-order valence-corrected chi connectivity index (χ0v) is 25.4. The van der Waals surface area contributed by atoms with E-state index in [9.17, 15) is 0 Å². The van der Waals surface area contributed by atoms with Gasteiger partial charge in [0.2, 0.25) is 0 Å². The summed E-state index contributed by atoms with van der Waals surface area (Å²) in [6.07, 6.45) is 0. The normalized spacial score (nSPS) is 14.2. The number of hydrogen-bond donors (Lipinski definition) is 0. The average molecular weight is 638 g/mol. The fourth-order valence-electron chi connectivity index (χ4n) is 6.32. The first-order chi connectivity index (χ1) is 19.8.